The lowest BCUT2D eigenvalue weighted by atomic mass is 10.1. The Labute approximate surface area is 107 Å². The predicted octanol–water partition coefficient (Wildman–Crippen LogP) is 2.87. The second kappa shape index (κ2) is 6.79. The first kappa shape index (κ1) is 14.2. The first-order chi connectivity index (χ1) is 8.02. The van der Waals surface area contributed by atoms with E-state index in [0.29, 0.717) is 17.0 Å². The summed E-state index contributed by atoms with van der Waals surface area (Å²) in [7, 11) is 0. The summed E-state index contributed by atoms with van der Waals surface area (Å²) in [6.07, 6.45) is 1.37. The van der Waals surface area contributed by atoms with Crippen molar-refractivity contribution in [3.63, 3.8) is 0 Å². The second-order valence-electron chi connectivity index (χ2n) is 4.43. The van der Waals surface area contributed by atoms with E-state index in [9.17, 15) is 4.79 Å². The van der Waals surface area contributed by atoms with Gasteiger partial charge in [0.2, 0.25) is 5.89 Å². The number of hydrogen-bond acceptors (Lipinski definition) is 5. The number of thioether (sulfide) groups is 1. The van der Waals surface area contributed by atoms with Crippen molar-refractivity contribution in [3.8, 4) is 0 Å². The van der Waals surface area contributed by atoms with Gasteiger partial charge in [0.25, 0.3) is 0 Å². The topological polar surface area (TPSA) is 56.0 Å². The van der Waals surface area contributed by atoms with Crippen LogP contribution < -0.4 is 0 Å². The number of ketones is 1. The minimum atomic E-state index is 0.0137. The summed E-state index contributed by atoms with van der Waals surface area (Å²) in [6, 6.07) is 0. The van der Waals surface area contributed by atoms with Crippen LogP contribution in [-0.4, -0.2) is 21.2 Å². The molecule has 1 aromatic rings. The van der Waals surface area contributed by atoms with E-state index in [1.807, 2.05) is 13.8 Å². The molecule has 1 heterocycles. The van der Waals surface area contributed by atoms with Gasteiger partial charge in [0.1, 0.15) is 5.78 Å². The van der Waals surface area contributed by atoms with Crippen molar-refractivity contribution in [2.75, 3.05) is 0 Å². The zero-order chi connectivity index (χ0) is 12.8. The van der Waals surface area contributed by atoms with Crippen LogP contribution in [0.25, 0.3) is 0 Å². The summed E-state index contributed by atoms with van der Waals surface area (Å²) in [5.74, 6) is 2.01. The highest BCUT2D eigenvalue weighted by Gasteiger charge is 2.14. The Hall–Kier alpha value is -0.840. The molecule has 0 N–H and O–H groups in total. The van der Waals surface area contributed by atoms with Crippen LogP contribution in [0, 0.1) is 5.92 Å². The summed E-state index contributed by atoms with van der Waals surface area (Å²) in [6.45, 7) is 8.07. The molecule has 1 rings (SSSR count). The Balaban J connectivity index is 2.45. The molecule has 0 aliphatic rings. The predicted molar refractivity (Wildman–Crippen MR) is 68.9 cm³/mol. The third kappa shape index (κ3) is 4.89. The smallest absolute Gasteiger partial charge is 0.234 e. The molecule has 5 heteroatoms. The molecule has 0 radical (unpaired) electrons. The lowest BCUT2D eigenvalue weighted by molar-refractivity contribution is -0.121. The van der Waals surface area contributed by atoms with Gasteiger partial charge in [-0.3, -0.25) is 4.79 Å². The summed E-state index contributed by atoms with van der Waals surface area (Å²) < 4.78 is 5.06. The highest BCUT2D eigenvalue weighted by Crippen LogP contribution is 2.18. The van der Waals surface area contributed by atoms with Gasteiger partial charge in [-0.2, -0.15) is 16.7 Å². The van der Waals surface area contributed by atoms with Crippen LogP contribution in [0.4, 0.5) is 0 Å². The maximum Gasteiger partial charge on any atom is 0.234 e. The van der Waals surface area contributed by atoms with Crippen LogP contribution in [0.2, 0.25) is 0 Å². The van der Waals surface area contributed by atoms with Gasteiger partial charge in [0.05, 0.1) is 12.2 Å². The van der Waals surface area contributed by atoms with Crippen molar-refractivity contribution >= 4 is 17.5 Å². The number of nitrogens with zero attached hydrogens (tertiary/aromatic N) is 2. The second-order valence-corrected chi connectivity index (χ2v) is 5.86. The lowest BCUT2D eigenvalue weighted by Crippen LogP contribution is -2.10. The Morgan fingerprint density at radius 3 is 2.71 bits per heavy atom. The summed E-state index contributed by atoms with van der Waals surface area (Å²) in [5, 5.41) is 4.47. The zero-order valence-corrected chi connectivity index (χ0v) is 11.7. The van der Waals surface area contributed by atoms with E-state index in [0.717, 1.165) is 12.2 Å². The lowest BCUT2D eigenvalue weighted by Gasteiger charge is -2.04. The molecule has 1 aromatic heterocycles. The SMILES string of the molecule is CCC(C)SCc1noc(CC(=O)C(C)C)n1. The first-order valence-corrected chi connectivity index (χ1v) is 7.03. The number of rotatable bonds is 7. The zero-order valence-electron chi connectivity index (χ0n) is 10.9. The van der Waals surface area contributed by atoms with Gasteiger partial charge in [-0.1, -0.05) is 32.9 Å². The minimum absolute atomic E-state index is 0.0137. The monoisotopic (exact) mass is 256 g/mol. The van der Waals surface area contributed by atoms with Crippen LogP contribution >= 0.6 is 11.8 Å². The molecule has 0 saturated carbocycles. The molecule has 96 valence electrons. The van der Waals surface area contributed by atoms with Gasteiger partial charge in [-0.15, -0.1) is 0 Å². The fraction of sp³-hybridized carbons (Fsp3) is 0.750. The molecule has 0 spiro atoms. The standard InChI is InChI=1S/C12H20N2O2S/c1-5-9(4)17-7-11-13-12(16-14-11)6-10(15)8(2)3/h8-9H,5-7H2,1-4H3. The third-order valence-electron chi connectivity index (χ3n) is 2.55. The van der Waals surface area contributed by atoms with E-state index in [2.05, 4.69) is 24.0 Å². The molecular formula is C12H20N2O2S. The average Bonchev–Trinajstić information content (AvgIpc) is 2.73. The fourth-order valence-electron chi connectivity index (χ4n) is 1.11. The molecule has 1 atom stereocenters. The van der Waals surface area contributed by atoms with E-state index in [4.69, 9.17) is 4.52 Å². The van der Waals surface area contributed by atoms with Crippen LogP contribution in [-0.2, 0) is 17.0 Å². The first-order valence-electron chi connectivity index (χ1n) is 5.98. The summed E-state index contributed by atoms with van der Waals surface area (Å²) in [4.78, 5) is 15.7. The van der Waals surface area contributed by atoms with Gasteiger partial charge < -0.3 is 4.52 Å². The van der Waals surface area contributed by atoms with Gasteiger partial charge in [-0.25, -0.2) is 0 Å². The van der Waals surface area contributed by atoms with Gasteiger partial charge in [0, 0.05) is 11.2 Å². The Morgan fingerprint density at radius 2 is 2.12 bits per heavy atom. The number of hydrogen-bond donors (Lipinski definition) is 0. The fourth-order valence-corrected chi connectivity index (χ4v) is 1.89. The van der Waals surface area contributed by atoms with Crippen molar-refractivity contribution < 1.29 is 9.32 Å². The summed E-state index contributed by atoms with van der Waals surface area (Å²) in [5.41, 5.74) is 0. The van der Waals surface area contributed by atoms with Crippen LogP contribution in [0.5, 0.6) is 0 Å². The minimum Gasteiger partial charge on any atom is -0.339 e. The molecule has 4 nitrogen and oxygen atoms in total. The summed E-state index contributed by atoms with van der Waals surface area (Å²) >= 11 is 1.80. The Bertz CT molecular complexity index is 363. The van der Waals surface area contributed by atoms with Crippen molar-refractivity contribution in [1.82, 2.24) is 10.1 Å². The molecule has 0 aromatic carbocycles. The van der Waals surface area contributed by atoms with E-state index < -0.39 is 0 Å². The molecular weight excluding hydrogens is 236 g/mol. The van der Waals surface area contributed by atoms with Crippen molar-refractivity contribution in [1.29, 1.82) is 0 Å². The van der Waals surface area contributed by atoms with Crippen LogP contribution in [0.15, 0.2) is 4.52 Å². The Morgan fingerprint density at radius 1 is 1.41 bits per heavy atom. The molecule has 0 saturated heterocycles. The molecule has 0 aliphatic heterocycles. The van der Waals surface area contributed by atoms with E-state index in [1.165, 1.54) is 0 Å². The van der Waals surface area contributed by atoms with Crippen LogP contribution in [0.1, 0.15) is 45.8 Å². The van der Waals surface area contributed by atoms with Gasteiger partial charge in [0.15, 0.2) is 5.82 Å². The quantitative estimate of drug-likeness (QED) is 0.750. The number of Topliss-reactive ketones (excluding diaryl/α,β-unsaturated/α-hetero) is 1. The normalized spacial score (nSPS) is 13.0. The molecule has 0 aliphatic carbocycles. The highest BCUT2D eigenvalue weighted by molar-refractivity contribution is 7.99. The average molecular weight is 256 g/mol. The largest absolute Gasteiger partial charge is 0.339 e. The van der Waals surface area contributed by atoms with Crippen molar-refractivity contribution in [2.24, 2.45) is 5.92 Å². The van der Waals surface area contributed by atoms with E-state index >= 15 is 0 Å². The van der Waals surface area contributed by atoms with Crippen molar-refractivity contribution in [2.45, 2.75) is 51.5 Å². The van der Waals surface area contributed by atoms with E-state index in [-0.39, 0.29) is 18.1 Å². The Kier molecular flexibility index (Phi) is 5.68. The molecule has 0 amide bonds. The maximum atomic E-state index is 11.5. The van der Waals surface area contributed by atoms with Crippen molar-refractivity contribution in [3.05, 3.63) is 11.7 Å². The number of carbonyl (C=O) groups excluding carboxylic acids is 1. The highest BCUT2D eigenvalue weighted by atomic mass is 32.2. The molecule has 0 bridgehead atoms. The third-order valence-corrected chi connectivity index (χ3v) is 3.88. The maximum absolute atomic E-state index is 11.5. The molecule has 1 unspecified atom stereocenters. The van der Waals surface area contributed by atoms with Crippen LogP contribution in [0.3, 0.4) is 0 Å². The van der Waals surface area contributed by atoms with Gasteiger partial charge >= 0.3 is 0 Å². The number of carbonyl (C=O) groups is 1. The molecule has 17 heavy (non-hydrogen) atoms. The number of aromatic nitrogens is 2. The van der Waals surface area contributed by atoms with Gasteiger partial charge in [-0.05, 0) is 6.42 Å². The van der Waals surface area contributed by atoms with E-state index in [1.54, 1.807) is 11.8 Å². The molecule has 0 fully saturated rings.